The maximum absolute atomic E-state index is 10.2. The molecule has 0 spiro atoms. The smallest absolute Gasteiger partial charge is 0.147 e. The minimum Gasteiger partial charge on any atom is -0.394 e. The molecular weight excluding hydrogens is 464 g/mol. The highest BCUT2D eigenvalue weighted by atomic mass is 16.5. The monoisotopic (exact) mass is 490 g/mol. The van der Waals surface area contributed by atoms with Gasteiger partial charge in [0.1, 0.15) is 61.0 Å². The highest BCUT2D eigenvalue weighted by Crippen LogP contribution is 2.23. The zero-order valence-electron chi connectivity index (χ0n) is 18.3. The van der Waals surface area contributed by atoms with Crippen LogP contribution in [0, 0.1) is 23.7 Å². The Morgan fingerprint density at radius 1 is 0.743 bits per heavy atom. The van der Waals surface area contributed by atoms with Gasteiger partial charge in [-0.05, 0) is 12.1 Å². The van der Waals surface area contributed by atoms with E-state index in [-0.39, 0.29) is 0 Å². The second-order valence-corrected chi connectivity index (χ2v) is 8.40. The quantitative estimate of drug-likeness (QED) is 0.185. The molecule has 1 aromatic heterocycles. The number of fused-ring (bicyclic) bond motifs is 1. The molecule has 35 heavy (non-hydrogen) atoms. The van der Waals surface area contributed by atoms with E-state index in [0.717, 1.165) is 0 Å². The van der Waals surface area contributed by atoms with E-state index >= 15 is 0 Å². The molecule has 4 rings (SSSR count). The average Bonchev–Trinajstić information content (AvgIpc) is 3.34. The first-order chi connectivity index (χ1) is 16.7. The third-order valence-electron chi connectivity index (χ3n) is 6.04. The normalized spacial score (nSPS) is 37.3. The fourth-order valence-corrected chi connectivity index (χ4v) is 3.97. The molecule has 3 heterocycles. The van der Waals surface area contributed by atoms with Gasteiger partial charge >= 0.3 is 0 Å². The van der Waals surface area contributed by atoms with Crippen molar-refractivity contribution in [3.63, 3.8) is 0 Å². The van der Waals surface area contributed by atoms with Gasteiger partial charge in [0.05, 0.1) is 30.5 Å². The number of nitrogens with one attached hydrogen (secondary N) is 1. The van der Waals surface area contributed by atoms with Crippen LogP contribution in [0.1, 0.15) is 11.1 Å². The lowest BCUT2D eigenvalue weighted by molar-refractivity contribution is -0.214. The van der Waals surface area contributed by atoms with E-state index in [2.05, 4.69) is 33.9 Å². The van der Waals surface area contributed by atoms with Crippen molar-refractivity contribution in [3.05, 3.63) is 29.5 Å². The molecular formula is C23H26N2O10. The van der Waals surface area contributed by atoms with E-state index < -0.39 is 74.3 Å². The van der Waals surface area contributed by atoms with Crippen molar-refractivity contribution in [1.82, 2.24) is 10.2 Å². The van der Waals surface area contributed by atoms with Crippen molar-refractivity contribution in [3.8, 4) is 23.7 Å². The maximum Gasteiger partial charge on any atom is 0.147 e. The maximum atomic E-state index is 10.2. The molecule has 0 aliphatic carbocycles. The summed E-state index contributed by atoms with van der Waals surface area (Å²) in [5.41, 5.74) is 1.41. The lowest BCUT2D eigenvalue weighted by atomic mass is 9.95. The number of aromatic amines is 1. The van der Waals surface area contributed by atoms with Gasteiger partial charge < -0.3 is 50.3 Å². The third kappa shape index (κ3) is 5.04. The predicted octanol–water partition coefficient (Wildman–Crippen LogP) is -4.05. The van der Waals surface area contributed by atoms with Crippen LogP contribution in [-0.2, 0) is 9.47 Å². The Morgan fingerprint density at radius 3 is 1.83 bits per heavy atom. The molecule has 0 saturated carbocycles. The highest BCUT2D eigenvalue weighted by molar-refractivity contribution is 5.85. The molecule has 2 saturated heterocycles. The fourth-order valence-electron chi connectivity index (χ4n) is 3.97. The van der Waals surface area contributed by atoms with Crippen LogP contribution in [0.2, 0.25) is 0 Å². The van der Waals surface area contributed by atoms with Crippen LogP contribution in [0.3, 0.4) is 0 Å². The van der Waals surface area contributed by atoms with Crippen molar-refractivity contribution in [2.75, 3.05) is 13.2 Å². The number of nitrogens with zero attached hydrogens (tertiary/aromatic N) is 1. The van der Waals surface area contributed by atoms with Crippen LogP contribution in [0.25, 0.3) is 10.9 Å². The molecule has 0 radical (unpaired) electrons. The summed E-state index contributed by atoms with van der Waals surface area (Å²) < 4.78 is 10.8. The van der Waals surface area contributed by atoms with Gasteiger partial charge in [-0.1, -0.05) is 23.7 Å². The summed E-state index contributed by atoms with van der Waals surface area (Å²) in [5, 5.41) is 86.2. The topological polar surface area (TPSA) is 209 Å². The largest absolute Gasteiger partial charge is 0.394 e. The SMILES string of the molecule is OC[C@H]1O[C@H](C#Cc2cc(C#C[C@H]3O[C@H](CO)[C@@H](O)[C@H](O)[C@@H]3O)cc3cn[nH]c23)[C@H](O)[C@@H](O)[C@@H]1O. The van der Waals surface area contributed by atoms with E-state index in [0.29, 0.717) is 22.0 Å². The summed E-state index contributed by atoms with van der Waals surface area (Å²) in [6, 6.07) is 3.28. The molecule has 188 valence electrons. The predicted molar refractivity (Wildman–Crippen MR) is 117 cm³/mol. The number of benzene rings is 1. The molecule has 0 bridgehead atoms. The summed E-state index contributed by atoms with van der Waals surface area (Å²) in [4.78, 5) is 0. The number of hydrogen-bond acceptors (Lipinski definition) is 11. The third-order valence-corrected chi connectivity index (χ3v) is 6.04. The first-order valence-electron chi connectivity index (χ1n) is 10.9. The Balaban J connectivity index is 1.62. The van der Waals surface area contributed by atoms with Crippen LogP contribution in [0.4, 0.5) is 0 Å². The molecule has 2 aliphatic rings. The van der Waals surface area contributed by atoms with Gasteiger partial charge in [0, 0.05) is 10.9 Å². The van der Waals surface area contributed by atoms with Crippen LogP contribution in [0.5, 0.6) is 0 Å². The summed E-state index contributed by atoms with van der Waals surface area (Å²) in [6.45, 7) is -1.14. The van der Waals surface area contributed by atoms with Gasteiger partial charge in [0.15, 0.2) is 0 Å². The lowest BCUT2D eigenvalue weighted by Gasteiger charge is -2.37. The highest BCUT2D eigenvalue weighted by Gasteiger charge is 2.43. The second-order valence-electron chi connectivity index (χ2n) is 8.40. The minimum absolute atomic E-state index is 0.412. The molecule has 0 unspecified atom stereocenters. The van der Waals surface area contributed by atoms with E-state index in [9.17, 15) is 40.9 Å². The molecule has 9 N–H and O–H groups in total. The van der Waals surface area contributed by atoms with E-state index in [1.54, 1.807) is 12.1 Å². The summed E-state index contributed by atoms with van der Waals surface area (Å²) in [7, 11) is 0. The molecule has 1 aromatic carbocycles. The van der Waals surface area contributed by atoms with Crippen LogP contribution in [-0.4, -0.2) is 125 Å². The van der Waals surface area contributed by atoms with E-state index in [1.165, 1.54) is 6.20 Å². The molecule has 2 fully saturated rings. The van der Waals surface area contributed by atoms with E-state index in [4.69, 9.17) is 9.47 Å². The van der Waals surface area contributed by atoms with Crippen LogP contribution in [0.15, 0.2) is 18.3 Å². The number of ether oxygens (including phenoxy) is 2. The average molecular weight is 490 g/mol. The summed E-state index contributed by atoms with van der Waals surface area (Å²) in [5.74, 6) is 11.0. The van der Waals surface area contributed by atoms with Gasteiger partial charge in [-0.3, -0.25) is 5.10 Å². The first-order valence-corrected chi connectivity index (χ1v) is 10.9. The van der Waals surface area contributed by atoms with Crippen molar-refractivity contribution < 1.29 is 50.3 Å². The van der Waals surface area contributed by atoms with Crippen molar-refractivity contribution in [2.24, 2.45) is 0 Å². The molecule has 2 aromatic rings. The lowest BCUT2D eigenvalue weighted by Crippen LogP contribution is -2.58. The zero-order chi connectivity index (χ0) is 25.3. The Hall–Kier alpha value is -2.59. The minimum atomic E-state index is -1.55. The Labute approximate surface area is 199 Å². The number of H-pyrrole nitrogens is 1. The van der Waals surface area contributed by atoms with Crippen molar-refractivity contribution >= 4 is 10.9 Å². The molecule has 12 heteroatoms. The number of rotatable bonds is 2. The Morgan fingerprint density at radius 2 is 1.29 bits per heavy atom. The van der Waals surface area contributed by atoms with Crippen molar-refractivity contribution in [2.45, 2.75) is 61.0 Å². The van der Waals surface area contributed by atoms with Gasteiger partial charge in [0.2, 0.25) is 0 Å². The number of aromatic nitrogens is 2. The second kappa shape index (κ2) is 10.6. The standard InChI is InChI=1S/C23H26N2O10/c26-8-15-20(30)22(32)18(28)13(34-15)3-1-10-5-11(17-12(6-10)7-24-25-17)2-4-14-19(29)23(33)21(31)16(9-27)35-14/h5-7,13-16,18-23,26-33H,8-9H2,(H,24,25)/t13-,14-,15-,16-,18-,19+,20-,21-,22-,23-/m1/s1. The van der Waals surface area contributed by atoms with Gasteiger partial charge in [0.25, 0.3) is 0 Å². The number of hydrogen-bond donors (Lipinski definition) is 9. The summed E-state index contributed by atoms with van der Waals surface area (Å²) in [6.07, 6.45) is -12.1. The summed E-state index contributed by atoms with van der Waals surface area (Å²) >= 11 is 0. The number of aliphatic hydroxyl groups is 8. The molecule has 2 aliphatic heterocycles. The molecule has 10 atom stereocenters. The Kier molecular flexibility index (Phi) is 7.70. The van der Waals surface area contributed by atoms with E-state index in [1.807, 2.05) is 0 Å². The fraction of sp³-hybridized carbons (Fsp3) is 0.522. The van der Waals surface area contributed by atoms with Gasteiger partial charge in [-0.2, -0.15) is 5.10 Å². The number of aliphatic hydroxyl groups excluding tert-OH is 8. The van der Waals surface area contributed by atoms with Crippen LogP contribution >= 0.6 is 0 Å². The first kappa shape index (κ1) is 25.5. The van der Waals surface area contributed by atoms with Crippen molar-refractivity contribution in [1.29, 1.82) is 0 Å². The van der Waals surface area contributed by atoms with Gasteiger partial charge in [-0.15, -0.1) is 0 Å². The zero-order valence-corrected chi connectivity index (χ0v) is 18.3. The molecule has 12 nitrogen and oxygen atoms in total. The van der Waals surface area contributed by atoms with Gasteiger partial charge in [-0.25, -0.2) is 0 Å². The van der Waals surface area contributed by atoms with Crippen LogP contribution < -0.4 is 0 Å². The Bertz CT molecular complexity index is 1160. The molecule has 0 amide bonds.